The second-order valence-electron chi connectivity index (χ2n) is 5.51. The maximum atomic E-state index is 12.2. The van der Waals surface area contributed by atoms with Crippen LogP contribution in [-0.4, -0.2) is 23.9 Å². The number of amides is 1. The first-order valence-electron chi connectivity index (χ1n) is 6.76. The molecule has 1 aromatic rings. The van der Waals surface area contributed by atoms with Gasteiger partial charge in [0.05, 0.1) is 10.5 Å². The molecule has 6 heteroatoms. The van der Waals surface area contributed by atoms with E-state index < -0.39 is 4.92 Å². The van der Waals surface area contributed by atoms with Gasteiger partial charge in [0, 0.05) is 30.9 Å². The highest BCUT2D eigenvalue weighted by Crippen LogP contribution is 2.44. The van der Waals surface area contributed by atoms with Crippen LogP contribution in [0, 0.1) is 15.5 Å². The Morgan fingerprint density at radius 3 is 2.70 bits per heavy atom. The number of rotatable bonds is 6. The molecule has 1 aliphatic carbocycles. The van der Waals surface area contributed by atoms with Gasteiger partial charge in [0.25, 0.3) is 11.6 Å². The summed E-state index contributed by atoms with van der Waals surface area (Å²) in [5.41, 5.74) is 1.07. The van der Waals surface area contributed by atoms with Crippen molar-refractivity contribution in [1.29, 1.82) is 0 Å². The van der Waals surface area contributed by atoms with Crippen molar-refractivity contribution in [1.82, 2.24) is 5.32 Å². The van der Waals surface area contributed by atoms with Crippen LogP contribution in [0.1, 0.15) is 37.0 Å². The lowest BCUT2D eigenvalue weighted by atomic mass is 10.1. The van der Waals surface area contributed by atoms with Crippen LogP contribution in [-0.2, 0) is 0 Å². The molecule has 1 saturated carbocycles. The minimum absolute atomic E-state index is 0.0746. The first kappa shape index (κ1) is 14.3. The van der Waals surface area contributed by atoms with E-state index in [4.69, 9.17) is 0 Å². The van der Waals surface area contributed by atoms with Crippen molar-refractivity contribution in [2.75, 3.05) is 18.4 Å². The Kier molecular flexibility index (Phi) is 3.92. The summed E-state index contributed by atoms with van der Waals surface area (Å²) in [4.78, 5) is 22.6. The van der Waals surface area contributed by atoms with E-state index in [2.05, 4.69) is 17.6 Å². The molecule has 0 bridgehead atoms. The normalized spacial score (nSPS) is 15.5. The SMILES string of the molecule is CCNc1ccc([N+](=O)[O-])cc1C(=O)NCC1(C)CC1. The second-order valence-corrected chi connectivity index (χ2v) is 5.51. The van der Waals surface area contributed by atoms with Crippen molar-refractivity contribution >= 4 is 17.3 Å². The van der Waals surface area contributed by atoms with Gasteiger partial charge in [0.15, 0.2) is 0 Å². The Labute approximate surface area is 117 Å². The Hall–Kier alpha value is -2.11. The van der Waals surface area contributed by atoms with E-state index in [1.165, 1.54) is 12.1 Å². The van der Waals surface area contributed by atoms with Crippen LogP contribution in [0.3, 0.4) is 0 Å². The third-order valence-corrected chi connectivity index (χ3v) is 3.61. The lowest BCUT2D eigenvalue weighted by Crippen LogP contribution is -2.29. The van der Waals surface area contributed by atoms with E-state index in [-0.39, 0.29) is 17.0 Å². The molecule has 1 aliphatic rings. The number of non-ortho nitro benzene ring substituents is 1. The molecule has 6 nitrogen and oxygen atoms in total. The Morgan fingerprint density at radius 1 is 1.45 bits per heavy atom. The van der Waals surface area contributed by atoms with Crippen molar-refractivity contribution in [2.45, 2.75) is 26.7 Å². The van der Waals surface area contributed by atoms with E-state index in [0.717, 1.165) is 12.8 Å². The topological polar surface area (TPSA) is 84.3 Å². The van der Waals surface area contributed by atoms with Gasteiger partial charge >= 0.3 is 0 Å². The van der Waals surface area contributed by atoms with Crippen LogP contribution in [0.4, 0.5) is 11.4 Å². The number of carbonyl (C=O) groups excluding carboxylic acids is 1. The summed E-state index contributed by atoms with van der Waals surface area (Å²) in [7, 11) is 0. The first-order chi connectivity index (χ1) is 9.45. The molecule has 0 atom stereocenters. The Balaban J connectivity index is 2.19. The van der Waals surface area contributed by atoms with E-state index >= 15 is 0 Å². The van der Waals surface area contributed by atoms with Crippen molar-refractivity contribution in [2.24, 2.45) is 5.41 Å². The fourth-order valence-electron chi connectivity index (χ4n) is 1.96. The highest BCUT2D eigenvalue weighted by atomic mass is 16.6. The maximum absolute atomic E-state index is 12.2. The number of nitro groups is 1. The molecule has 0 saturated heterocycles. The molecule has 108 valence electrons. The van der Waals surface area contributed by atoms with Gasteiger partial charge in [-0.05, 0) is 31.2 Å². The number of hydrogen-bond donors (Lipinski definition) is 2. The third kappa shape index (κ3) is 3.26. The molecule has 0 unspecified atom stereocenters. The quantitative estimate of drug-likeness (QED) is 0.618. The number of nitrogens with one attached hydrogen (secondary N) is 2. The van der Waals surface area contributed by atoms with Gasteiger partial charge in [-0.15, -0.1) is 0 Å². The molecule has 2 rings (SSSR count). The maximum Gasteiger partial charge on any atom is 0.270 e. The van der Waals surface area contributed by atoms with E-state index in [9.17, 15) is 14.9 Å². The van der Waals surface area contributed by atoms with Gasteiger partial charge in [-0.25, -0.2) is 0 Å². The van der Waals surface area contributed by atoms with Crippen LogP contribution in [0.15, 0.2) is 18.2 Å². The summed E-state index contributed by atoms with van der Waals surface area (Å²) in [6, 6.07) is 4.30. The van der Waals surface area contributed by atoms with E-state index in [0.29, 0.717) is 24.3 Å². The van der Waals surface area contributed by atoms with E-state index in [1.807, 2.05) is 6.92 Å². The summed E-state index contributed by atoms with van der Waals surface area (Å²) >= 11 is 0. The largest absolute Gasteiger partial charge is 0.385 e. The fraction of sp³-hybridized carbons (Fsp3) is 0.500. The van der Waals surface area contributed by atoms with Crippen molar-refractivity contribution in [3.63, 3.8) is 0 Å². The highest BCUT2D eigenvalue weighted by Gasteiger charge is 2.37. The van der Waals surface area contributed by atoms with Gasteiger partial charge < -0.3 is 10.6 Å². The van der Waals surface area contributed by atoms with Crippen LogP contribution in [0.2, 0.25) is 0 Å². The summed E-state index contributed by atoms with van der Waals surface area (Å²) < 4.78 is 0. The smallest absolute Gasteiger partial charge is 0.270 e. The zero-order valence-corrected chi connectivity index (χ0v) is 11.7. The lowest BCUT2D eigenvalue weighted by molar-refractivity contribution is -0.384. The Bertz CT molecular complexity index is 538. The number of benzene rings is 1. The van der Waals surface area contributed by atoms with Gasteiger partial charge in [-0.2, -0.15) is 0 Å². The molecule has 1 amide bonds. The van der Waals surface area contributed by atoms with Gasteiger partial charge in [0.1, 0.15) is 0 Å². The standard InChI is InChI=1S/C14H19N3O3/c1-3-15-12-5-4-10(17(19)20)8-11(12)13(18)16-9-14(2)6-7-14/h4-5,8,15H,3,6-7,9H2,1-2H3,(H,16,18). The zero-order valence-electron chi connectivity index (χ0n) is 11.7. The summed E-state index contributed by atoms with van der Waals surface area (Å²) in [6.45, 7) is 5.29. The van der Waals surface area contributed by atoms with Crippen LogP contribution in [0.25, 0.3) is 0 Å². The van der Waals surface area contributed by atoms with Crippen molar-refractivity contribution < 1.29 is 9.72 Å². The zero-order chi connectivity index (χ0) is 14.8. The molecular weight excluding hydrogens is 258 g/mol. The van der Waals surface area contributed by atoms with E-state index in [1.54, 1.807) is 6.07 Å². The number of hydrogen-bond acceptors (Lipinski definition) is 4. The molecular formula is C14H19N3O3. The van der Waals surface area contributed by atoms with Crippen molar-refractivity contribution in [3.05, 3.63) is 33.9 Å². The van der Waals surface area contributed by atoms with Gasteiger partial charge in [0.2, 0.25) is 0 Å². The minimum Gasteiger partial charge on any atom is -0.385 e. The third-order valence-electron chi connectivity index (χ3n) is 3.61. The second kappa shape index (κ2) is 5.48. The van der Waals surface area contributed by atoms with Gasteiger partial charge in [-0.1, -0.05) is 6.92 Å². The van der Waals surface area contributed by atoms with Crippen molar-refractivity contribution in [3.8, 4) is 0 Å². The van der Waals surface area contributed by atoms with Crippen LogP contribution in [0.5, 0.6) is 0 Å². The number of nitrogens with zero attached hydrogens (tertiary/aromatic N) is 1. The predicted octanol–water partition coefficient (Wildman–Crippen LogP) is 2.56. The molecule has 0 heterocycles. The summed E-state index contributed by atoms with van der Waals surface area (Å²) in [6.07, 6.45) is 2.23. The molecule has 2 N–H and O–H groups in total. The monoisotopic (exact) mass is 277 g/mol. The molecule has 0 radical (unpaired) electrons. The van der Waals surface area contributed by atoms with Crippen LogP contribution >= 0.6 is 0 Å². The molecule has 1 fully saturated rings. The highest BCUT2D eigenvalue weighted by molar-refractivity contribution is 6.00. The predicted molar refractivity (Wildman–Crippen MR) is 76.9 cm³/mol. The minimum atomic E-state index is -0.491. The summed E-state index contributed by atoms with van der Waals surface area (Å²) in [5, 5.41) is 16.7. The number of carbonyl (C=O) groups is 1. The van der Waals surface area contributed by atoms with Gasteiger partial charge in [-0.3, -0.25) is 14.9 Å². The molecule has 0 spiro atoms. The molecule has 0 aromatic heterocycles. The number of nitro benzene ring substituents is 1. The average Bonchev–Trinajstić information content (AvgIpc) is 3.15. The fourth-order valence-corrected chi connectivity index (χ4v) is 1.96. The summed E-state index contributed by atoms with van der Waals surface area (Å²) in [5.74, 6) is -0.266. The molecule has 20 heavy (non-hydrogen) atoms. The molecule has 0 aliphatic heterocycles. The molecule has 1 aromatic carbocycles. The lowest BCUT2D eigenvalue weighted by Gasteiger charge is -2.13. The van der Waals surface area contributed by atoms with Crippen LogP contribution < -0.4 is 10.6 Å². The Morgan fingerprint density at radius 2 is 2.15 bits per heavy atom. The number of anilines is 1. The average molecular weight is 277 g/mol. The first-order valence-corrected chi connectivity index (χ1v) is 6.76.